The first-order valence-corrected chi connectivity index (χ1v) is 23.5. The van der Waals surface area contributed by atoms with E-state index in [-0.39, 0.29) is 25.2 Å². The Morgan fingerprint density at radius 3 is 1.15 bits per heavy atom. The molecule has 0 aliphatic rings. The molecule has 0 rings (SSSR count). The van der Waals surface area contributed by atoms with E-state index in [0.29, 0.717) is 12.8 Å². The van der Waals surface area contributed by atoms with Crippen LogP contribution in [-0.4, -0.2) is 36.4 Å². The van der Waals surface area contributed by atoms with Crippen molar-refractivity contribution in [2.24, 2.45) is 0 Å². The van der Waals surface area contributed by atoms with Gasteiger partial charge in [0.05, 0.1) is 6.61 Å². The van der Waals surface area contributed by atoms with Gasteiger partial charge in [0.15, 0.2) is 6.10 Å². The molecule has 0 aromatic rings. The number of hydrogen-bond acceptors (Lipinski definition) is 5. The van der Waals surface area contributed by atoms with Gasteiger partial charge in [0, 0.05) is 12.8 Å². The zero-order valence-corrected chi connectivity index (χ0v) is 36.0. The molecule has 0 spiro atoms. The average Bonchev–Trinajstić information content (AvgIpc) is 3.17. The van der Waals surface area contributed by atoms with Crippen molar-refractivity contribution in [3.05, 3.63) is 36.5 Å². The molecule has 1 atom stereocenters. The summed E-state index contributed by atoms with van der Waals surface area (Å²) in [4.78, 5) is 24.4. The number of aliphatic hydroxyl groups is 1. The molecular weight excluding hydrogens is 669 g/mol. The summed E-state index contributed by atoms with van der Waals surface area (Å²) in [6.45, 7) is 4.13. The summed E-state index contributed by atoms with van der Waals surface area (Å²) in [6.07, 6.45) is 56.5. The van der Waals surface area contributed by atoms with Gasteiger partial charge in [-0.3, -0.25) is 9.59 Å². The minimum atomic E-state index is -0.773. The van der Waals surface area contributed by atoms with E-state index in [1.54, 1.807) is 0 Å². The Morgan fingerprint density at radius 2 is 0.741 bits per heavy atom. The van der Waals surface area contributed by atoms with Crippen molar-refractivity contribution < 1.29 is 24.2 Å². The Hall–Kier alpha value is -1.88. The van der Waals surface area contributed by atoms with Gasteiger partial charge in [0.1, 0.15) is 6.61 Å². The molecule has 0 heterocycles. The predicted molar refractivity (Wildman–Crippen MR) is 233 cm³/mol. The number of allylic oxidation sites excluding steroid dienone is 6. The van der Waals surface area contributed by atoms with Crippen molar-refractivity contribution in [2.75, 3.05) is 13.2 Å². The summed E-state index contributed by atoms with van der Waals surface area (Å²) in [6, 6.07) is 0. The molecule has 0 saturated heterocycles. The third-order valence-electron chi connectivity index (χ3n) is 10.4. The second kappa shape index (κ2) is 45.5. The van der Waals surface area contributed by atoms with Crippen LogP contribution < -0.4 is 0 Å². The molecule has 0 fully saturated rings. The Bertz CT molecular complexity index is 862. The van der Waals surface area contributed by atoms with Gasteiger partial charge in [0.25, 0.3) is 0 Å². The molecule has 0 aromatic carbocycles. The minimum Gasteiger partial charge on any atom is -0.462 e. The van der Waals surface area contributed by atoms with Crippen LogP contribution in [0.25, 0.3) is 0 Å². The zero-order chi connectivity index (χ0) is 39.3. The Morgan fingerprint density at radius 1 is 0.426 bits per heavy atom. The number of carbonyl (C=O) groups is 2. The first kappa shape index (κ1) is 52.1. The molecule has 0 saturated carbocycles. The van der Waals surface area contributed by atoms with Gasteiger partial charge >= 0.3 is 11.9 Å². The maximum absolute atomic E-state index is 12.2. The van der Waals surface area contributed by atoms with Gasteiger partial charge in [-0.05, 0) is 70.6 Å². The Kier molecular flexibility index (Phi) is 43.9. The molecule has 0 aromatic heterocycles. The fraction of sp³-hybridized carbons (Fsp3) is 0.837. The number of ether oxygens (including phenoxy) is 2. The Balaban J connectivity index is 3.50. The van der Waals surface area contributed by atoms with Gasteiger partial charge in [-0.2, -0.15) is 0 Å². The standard InChI is InChI=1S/C49H90O5/c1-3-5-7-9-11-13-15-17-19-21-23-24-26-27-29-31-33-35-37-39-41-43-48(51)53-46-47(45-50)54-49(52)44-42-40-38-36-34-32-30-28-25-22-20-18-16-14-12-10-8-6-4-2/h12,14,17-20,47,50H,3-11,13,15-16,21-46H2,1-2H3/t47-/m0/s1. The summed E-state index contributed by atoms with van der Waals surface area (Å²) in [7, 11) is 0. The van der Waals surface area contributed by atoms with Crippen LogP contribution in [-0.2, 0) is 19.1 Å². The number of rotatable bonds is 43. The lowest BCUT2D eigenvalue weighted by molar-refractivity contribution is -0.161. The monoisotopic (exact) mass is 759 g/mol. The van der Waals surface area contributed by atoms with Crippen molar-refractivity contribution in [2.45, 2.75) is 251 Å². The summed E-state index contributed by atoms with van der Waals surface area (Å²) >= 11 is 0. The molecular formula is C49H90O5. The van der Waals surface area contributed by atoms with Crippen molar-refractivity contribution in [1.82, 2.24) is 0 Å². The second-order valence-electron chi connectivity index (χ2n) is 15.8. The van der Waals surface area contributed by atoms with E-state index in [2.05, 4.69) is 50.3 Å². The molecule has 316 valence electrons. The smallest absolute Gasteiger partial charge is 0.306 e. The van der Waals surface area contributed by atoms with Crippen LogP contribution in [0.1, 0.15) is 245 Å². The van der Waals surface area contributed by atoms with Gasteiger partial charge < -0.3 is 14.6 Å². The van der Waals surface area contributed by atoms with Crippen LogP contribution in [0, 0.1) is 0 Å². The Labute approximate surface area is 336 Å². The summed E-state index contributed by atoms with van der Waals surface area (Å²) < 4.78 is 10.7. The van der Waals surface area contributed by atoms with Crippen LogP contribution in [0.4, 0.5) is 0 Å². The molecule has 0 bridgehead atoms. The minimum absolute atomic E-state index is 0.0656. The fourth-order valence-electron chi connectivity index (χ4n) is 6.82. The van der Waals surface area contributed by atoms with E-state index < -0.39 is 6.10 Å². The topological polar surface area (TPSA) is 72.8 Å². The summed E-state index contributed by atoms with van der Waals surface area (Å²) in [5, 5.41) is 9.60. The average molecular weight is 759 g/mol. The number of aliphatic hydroxyl groups excluding tert-OH is 1. The lowest BCUT2D eigenvalue weighted by Crippen LogP contribution is -2.28. The molecule has 0 radical (unpaired) electrons. The van der Waals surface area contributed by atoms with E-state index in [1.807, 2.05) is 0 Å². The second-order valence-corrected chi connectivity index (χ2v) is 15.8. The quantitative estimate of drug-likeness (QED) is 0.0381. The molecule has 1 N–H and O–H groups in total. The molecule has 0 aliphatic heterocycles. The lowest BCUT2D eigenvalue weighted by Gasteiger charge is -2.15. The molecule has 5 heteroatoms. The van der Waals surface area contributed by atoms with E-state index in [4.69, 9.17) is 9.47 Å². The summed E-state index contributed by atoms with van der Waals surface area (Å²) in [5.74, 6) is -0.588. The third kappa shape index (κ3) is 42.9. The van der Waals surface area contributed by atoms with Gasteiger partial charge in [0.2, 0.25) is 0 Å². The van der Waals surface area contributed by atoms with Crippen molar-refractivity contribution in [3.8, 4) is 0 Å². The van der Waals surface area contributed by atoms with Gasteiger partial charge in [-0.25, -0.2) is 0 Å². The van der Waals surface area contributed by atoms with Gasteiger partial charge in [-0.1, -0.05) is 198 Å². The molecule has 0 aliphatic carbocycles. The van der Waals surface area contributed by atoms with Crippen LogP contribution in [0.3, 0.4) is 0 Å². The number of unbranched alkanes of at least 4 members (excludes halogenated alkanes) is 29. The normalized spacial score (nSPS) is 12.4. The molecule has 0 unspecified atom stereocenters. The predicted octanol–water partition coefficient (Wildman–Crippen LogP) is 15.2. The third-order valence-corrected chi connectivity index (χ3v) is 10.4. The van der Waals surface area contributed by atoms with Crippen molar-refractivity contribution in [3.63, 3.8) is 0 Å². The number of hydrogen-bond donors (Lipinski definition) is 1. The highest BCUT2D eigenvalue weighted by atomic mass is 16.6. The summed E-state index contributed by atoms with van der Waals surface area (Å²) in [5.41, 5.74) is 0. The van der Waals surface area contributed by atoms with Crippen LogP contribution in [0.2, 0.25) is 0 Å². The van der Waals surface area contributed by atoms with Crippen LogP contribution >= 0.6 is 0 Å². The van der Waals surface area contributed by atoms with E-state index in [0.717, 1.165) is 44.9 Å². The SMILES string of the molecule is CCCCCC=CCC=CCCCCCCCCCCCC(=O)O[C@@H](CO)COC(=O)CCCCCCCCCCCCCC=CCCCCCCCC. The highest BCUT2D eigenvalue weighted by molar-refractivity contribution is 5.70. The molecule has 0 amide bonds. The van der Waals surface area contributed by atoms with Crippen molar-refractivity contribution >= 4 is 11.9 Å². The molecule has 54 heavy (non-hydrogen) atoms. The largest absolute Gasteiger partial charge is 0.462 e. The molecule has 5 nitrogen and oxygen atoms in total. The maximum atomic E-state index is 12.2. The zero-order valence-electron chi connectivity index (χ0n) is 36.0. The van der Waals surface area contributed by atoms with E-state index in [9.17, 15) is 14.7 Å². The highest BCUT2D eigenvalue weighted by Gasteiger charge is 2.16. The first-order chi connectivity index (χ1) is 26.6. The number of carbonyl (C=O) groups excluding carboxylic acids is 2. The number of esters is 2. The maximum Gasteiger partial charge on any atom is 0.306 e. The van der Waals surface area contributed by atoms with Crippen LogP contribution in [0.5, 0.6) is 0 Å². The lowest BCUT2D eigenvalue weighted by atomic mass is 10.0. The van der Waals surface area contributed by atoms with E-state index in [1.165, 1.54) is 173 Å². The highest BCUT2D eigenvalue weighted by Crippen LogP contribution is 2.15. The van der Waals surface area contributed by atoms with Crippen LogP contribution in [0.15, 0.2) is 36.5 Å². The van der Waals surface area contributed by atoms with Gasteiger partial charge in [-0.15, -0.1) is 0 Å². The fourth-order valence-corrected chi connectivity index (χ4v) is 6.82. The van der Waals surface area contributed by atoms with E-state index >= 15 is 0 Å². The first-order valence-electron chi connectivity index (χ1n) is 23.5. The van der Waals surface area contributed by atoms with Crippen molar-refractivity contribution in [1.29, 1.82) is 0 Å².